The summed E-state index contributed by atoms with van der Waals surface area (Å²) in [6, 6.07) is 62.4. The molecule has 0 bridgehead atoms. The molecule has 6 nitrogen and oxygen atoms in total. The molecular weight excluding hydrogens is 685 g/mol. The van der Waals surface area contributed by atoms with Crippen molar-refractivity contribution in [1.82, 2.24) is 19.8 Å². The van der Waals surface area contributed by atoms with E-state index in [0.29, 0.717) is 6.54 Å². The zero-order valence-corrected chi connectivity index (χ0v) is 30.5. The van der Waals surface area contributed by atoms with Gasteiger partial charge in [0.1, 0.15) is 11.7 Å². The molecule has 11 rings (SSSR count). The SMILES string of the molecule is C1=C(C2[N-]C(c3ccc(-c4ccccc4)cc3)N=C(c3ccccc3)N2)C=C(n2c3ccccc3c3cc4c5ccccc5n(-c5ccccc5)c4cc32)NC1. The highest BCUT2D eigenvalue weighted by Gasteiger charge is 2.23. The first-order chi connectivity index (χ1) is 27.8. The first-order valence-corrected chi connectivity index (χ1v) is 19.2. The number of dihydropyridines is 1. The summed E-state index contributed by atoms with van der Waals surface area (Å²) in [5, 5.41) is 17.7. The monoisotopic (exact) mass is 721 g/mol. The molecule has 6 heteroatoms. The normalized spacial score (nSPS) is 17.0. The lowest BCUT2D eigenvalue weighted by Crippen LogP contribution is -2.41. The minimum atomic E-state index is -0.365. The molecule has 0 saturated carbocycles. The second-order valence-corrected chi connectivity index (χ2v) is 14.4. The van der Waals surface area contributed by atoms with E-state index in [1.807, 2.05) is 12.1 Å². The van der Waals surface area contributed by atoms with Crippen LogP contribution in [-0.4, -0.2) is 27.7 Å². The Morgan fingerprint density at radius 1 is 0.518 bits per heavy atom. The second-order valence-electron chi connectivity index (χ2n) is 14.4. The van der Waals surface area contributed by atoms with Crippen LogP contribution in [0.3, 0.4) is 0 Å². The zero-order chi connectivity index (χ0) is 37.0. The molecule has 2 atom stereocenters. The summed E-state index contributed by atoms with van der Waals surface area (Å²) in [7, 11) is 0. The number of nitrogens with zero attached hydrogens (tertiary/aromatic N) is 4. The number of para-hydroxylation sites is 3. The Hall–Kier alpha value is -7.15. The Balaban J connectivity index is 1.03. The molecule has 56 heavy (non-hydrogen) atoms. The molecule has 2 N–H and O–H groups in total. The van der Waals surface area contributed by atoms with Gasteiger partial charge < -0.3 is 20.5 Å². The number of nitrogens with one attached hydrogen (secondary N) is 2. The van der Waals surface area contributed by atoms with Gasteiger partial charge in [0, 0.05) is 39.3 Å². The van der Waals surface area contributed by atoms with Gasteiger partial charge in [-0.25, -0.2) is 0 Å². The van der Waals surface area contributed by atoms with Gasteiger partial charge in [-0.15, -0.1) is 0 Å². The fraction of sp³-hybridized carbons (Fsp3) is 0.0600. The van der Waals surface area contributed by atoms with Crippen LogP contribution in [0.5, 0.6) is 0 Å². The third-order valence-electron chi connectivity index (χ3n) is 11.1. The minimum absolute atomic E-state index is 0.306. The molecular formula is C50H37N6-. The predicted molar refractivity (Wildman–Crippen MR) is 232 cm³/mol. The van der Waals surface area contributed by atoms with Crippen LogP contribution in [0, 0.1) is 0 Å². The molecule has 2 aliphatic rings. The highest BCUT2D eigenvalue weighted by atomic mass is 15.3. The smallest absolute Gasteiger partial charge is 0.126 e. The molecule has 2 aromatic heterocycles. The third kappa shape index (κ3) is 5.42. The van der Waals surface area contributed by atoms with Crippen molar-refractivity contribution in [2.75, 3.05) is 6.54 Å². The fourth-order valence-electron chi connectivity index (χ4n) is 8.48. The molecule has 0 aliphatic carbocycles. The molecule has 268 valence electrons. The molecule has 2 aliphatic heterocycles. The number of aliphatic imine (C=N–C) groups is 1. The summed E-state index contributed by atoms with van der Waals surface area (Å²) in [6.07, 6.45) is 3.83. The molecule has 0 saturated heterocycles. The van der Waals surface area contributed by atoms with E-state index in [1.54, 1.807) is 0 Å². The first kappa shape index (κ1) is 32.3. The minimum Gasteiger partial charge on any atom is -0.613 e. The van der Waals surface area contributed by atoms with Crippen molar-refractivity contribution in [1.29, 1.82) is 0 Å². The molecule has 2 unspecified atom stereocenters. The van der Waals surface area contributed by atoms with Gasteiger partial charge in [0.05, 0.1) is 22.1 Å². The van der Waals surface area contributed by atoms with E-state index in [9.17, 15) is 0 Å². The average Bonchev–Trinajstić information content (AvgIpc) is 3.78. The van der Waals surface area contributed by atoms with Gasteiger partial charge in [0.15, 0.2) is 0 Å². The number of benzene rings is 7. The lowest BCUT2D eigenvalue weighted by molar-refractivity contribution is 0.662. The van der Waals surface area contributed by atoms with Gasteiger partial charge in [-0.3, -0.25) is 9.56 Å². The number of rotatable bonds is 6. The predicted octanol–water partition coefficient (Wildman–Crippen LogP) is 11.3. The topological polar surface area (TPSA) is 60.4 Å². The van der Waals surface area contributed by atoms with E-state index in [1.165, 1.54) is 43.7 Å². The van der Waals surface area contributed by atoms with Gasteiger partial charge >= 0.3 is 0 Å². The van der Waals surface area contributed by atoms with Gasteiger partial charge in [0.25, 0.3) is 0 Å². The van der Waals surface area contributed by atoms with E-state index >= 15 is 0 Å². The Bertz CT molecular complexity index is 3010. The van der Waals surface area contributed by atoms with Crippen molar-refractivity contribution in [3.8, 4) is 16.8 Å². The molecule has 0 radical (unpaired) electrons. The Morgan fingerprint density at radius 3 is 1.79 bits per heavy atom. The Morgan fingerprint density at radius 2 is 1.09 bits per heavy atom. The molecule has 7 aromatic carbocycles. The van der Waals surface area contributed by atoms with Crippen molar-refractivity contribution < 1.29 is 0 Å². The van der Waals surface area contributed by atoms with Crippen molar-refractivity contribution in [2.45, 2.75) is 12.3 Å². The number of amidine groups is 1. The van der Waals surface area contributed by atoms with Crippen LogP contribution in [-0.2, 0) is 0 Å². The average molecular weight is 722 g/mol. The van der Waals surface area contributed by atoms with E-state index in [-0.39, 0.29) is 12.3 Å². The zero-order valence-electron chi connectivity index (χ0n) is 30.5. The Kier molecular flexibility index (Phi) is 7.67. The van der Waals surface area contributed by atoms with Crippen LogP contribution < -0.4 is 10.6 Å². The van der Waals surface area contributed by atoms with Crippen LogP contribution in [0.2, 0.25) is 0 Å². The van der Waals surface area contributed by atoms with Gasteiger partial charge in [-0.2, -0.15) is 0 Å². The first-order valence-electron chi connectivity index (χ1n) is 19.2. The highest BCUT2D eigenvalue weighted by Crippen LogP contribution is 2.40. The van der Waals surface area contributed by atoms with Crippen LogP contribution >= 0.6 is 0 Å². The van der Waals surface area contributed by atoms with Crippen molar-refractivity contribution >= 4 is 55.3 Å². The number of fused-ring (bicyclic) bond motifs is 6. The molecule has 0 spiro atoms. The standard InChI is InChI=1S/C50H37N6/c1-4-14-33(15-5-1)34-24-26-36(27-25-34)49-52-48(35-16-6-2-7-17-35)53-50(54-49)37-28-29-51-47(30-37)56-44-23-13-11-21-40(44)42-31-41-39-20-10-12-22-43(39)55(45(41)32-46(42)56)38-18-8-3-9-19-38/h1-28,30-32,49-51H,29H2,(H,52,53)/q-1. The largest absolute Gasteiger partial charge is 0.613 e. The maximum absolute atomic E-state index is 5.35. The van der Waals surface area contributed by atoms with Crippen molar-refractivity contribution in [3.63, 3.8) is 0 Å². The highest BCUT2D eigenvalue weighted by molar-refractivity contribution is 6.19. The Labute approximate surface area is 324 Å². The fourth-order valence-corrected chi connectivity index (χ4v) is 8.48. The number of aromatic nitrogens is 2. The van der Waals surface area contributed by atoms with Gasteiger partial charge in [-0.05, 0) is 77.1 Å². The van der Waals surface area contributed by atoms with Crippen LogP contribution in [0.15, 0.2) is 199 Å². The lowest BCUT2D eigenvalue weighted by atomic mass is 10.0. The summed E-state index contributed by atoms with van der Waals surface area (Å²) in [4.78, 5) is 5.17. The van der Waals surface area contributed by atoms with Crippen LogP contribution in [0.25, 0.3) is 71.6 Å². The van der Waals surface area contributed by atoms with E-state index in [2.05, 4.69) is 196 Å². The van der Waals surface area contributed by atoms with Crippen LogP contribution in [0.1, 0.15) is 17.3 Å². The maximum atomic E-state index is 5.35. The molecule has 9 aromatic rings. The van der Waals surface area contributed by atoms with E-state index in [0.717, 1.165) is 45.1 Å². The van der Waals surface area contributed by atoms with Crippen molar-refractivity contribution in [2.24, 2.45) is 4.99 Å². The van der Waals surface area contributed by atoms with E-state index < -0.39 is 0 Å². The molecule has 0 fully saturated rings. The van der Waals surface area contributed by atoms with E-state index in [4.69, 9.17) is 10.3 Å². The lowest BCUT2D eigenvalue weighted by Gasteiger charge is -2.45. The molecule has 4 heterocycles. The third-order valence-corrected chi connectivity index (χ3v) is 11.1. The quantitative estimate of drug-likeness (QED) is 0.180. The van der Waals surface area contributed by atoms with Gasteiger partial charge in [0.2, 0.25) is 0 Å². The summed E-state index contributed by atoms with van der Waals surface area (Å²) < 4.78 is 4.78. The van der Waals surface area contributed by atoms with Gasteiger partial charge in [-0.1, -0.05) is 146 Å². The number of hydrogen-bond acceptors (Lipinski definition) is 3. The van der Waals surface area contributed by atoms with Crippen molar-refractivity contribution in [3.05, 3.63) is 210 Å². The number of hydrogen-bond donors (Lipinski definition) is 2. The van der Waals surface area contributed by atoms with Crippen LogP contribution in [0.4, 0.5) is 0 Å². The second kappa shape index (κ2) is 13.3. The summed E-state index contributed by atoms with van der Waals surface area (Å²) >= 11 is 0. The molecule has 0 amide bonds. The maximum Gasteiger partial charge on any atom is 0.126 e. The summed E-state index contributed by atoms with van der Waals surface area (Å²) in [5.74, 6) is 1.85. The summed E-state index contributed by atoms with van der Waals surface area (Å²) in [6.45, 7) is 0.670. The summed E-state index contributed by atoms with van der Waals surface area (Å²) in [5.41, 5.74) is 11.4.